The Hall–Kier alpha value is -1.63. The molecule has 7 heteroatoms. The van der Waals surface area contributed by atoms with Crippen LogP contribution in [0.15, 0.2) is 18.3 Å². The molecule has 0 aliphatic heterocycles. The minimum atomic E-state index is -4.28. The van der Waals surface area contributed by atoms with Crippen molar-refractivity contribution in [3.05, 3.63) is 29.6 Å². The highest BCUT2D eigenvalue weighted by atomic mass is 19.4. The number of rotatable bonds is 3. The number of carbonyl (C=O) groups is 1. The van der Waals surface area contributed by atoms with E-state index in [-0.39, 0.29) is 18.5 Å². The van der Waals surface area contributed by atoms with Gasteiger partial charge in [0, 0.05) is 24.3 Å². The molecule has 1 aromatic heterocycles. The molecule has 21 heavy (non-hydrogen) atoms. The van der Waals surface area contributed by atoms with Gasteiger partial charge in [-0.1, -0.05) is 12.8 Å². The molecule has 2 unspecified atom stereocenters. The van der Waals surface area contributed by atoms with Crippen LogP contribution < -0.4 is 11.1 Å². The third-order valence-corrected chi connectivity index (χ3v) is 3.79. The molecular weight excluding hydrogens is 283 g/mol. The standard InChI is InChI=1S/C14H18F3N3O/c15-14(16,17)11-3-1-2-4-12(11)20-13(21)9-5-6-19-10(7-9)8-18/h5-7,11-12H,1-4,8,18H2,(H,20,21). The summed E-state index contributed by atoms with van der Waals surface area (Å²) < 4.78 is 39.0. The van der Waals surface area contributed by atoms with Crippen molar-refractivity contribution in [1.29, 1.82) is 0 Å². The number of nitrogens with zero attached hydrogens (tertiary/aromatic N) is 1. The zero-order chi connectivity index (χ0) is 15.5. The fourth-order valence-corrected chi connectivity index (χ4v) is 2.68. The highest BCUT2D eigenvalue weighted by molar-refractivity contribution is 5.94. The van der Waals surface area contributed by atoms with Crippen molar-refractivity contribution in [2.75, 3.05) is 0 Å². The van der Waals surface area contributed by atoms with E-state index in [1.807, 2.05) is 0 Å². The third-order valence-electron chi connectivity index (χ3n) is 3.79. The molecule has 0 spiro atoms. The lowest BCUT2D eigenvalue weighted by Gasteiger charge is -2.33. The Balaban J connectivity index is 2.09. The van der Waals surface area contributed by atoms with E-state index in [1.54, 1.807) is 0 Å². The molecule has 1 aliphatic rings. The van der Waals surface area contributed by atoms with E-state index < -0.39 is 24.0 Å². The molecule has 0 saturated heterocycles. The van der Waals surface area contributed by atoms with Gasteiger partial charge in [-0.2, -0.15) is 13.2 Å². The van der Waals surface area contributed by atoms with Gasteiger partial charge in [0.25, 0.3) is 5.91 Å². The Morgan fingerprint density at radius 1 is 1.38 bits per heavy atom. The largest absolute Gasteiger partial charge is 0.393 e. The van der Waals surface area contributed by atoms with Gasteiger partial charge in [-0.25, -0.2) is 0 Å². The van der Waals surface area contributed by atoms with E-state index in [2.05, 4.69) is 10.3 Å². The van der Waals surface area contributed by atoms with Crippen molar-refractivity contribution < 1.29 is 18.0 Å². The normalized spacial score (nSPS) is 22.9. The summed E-state index contributed by atoms with van der Waals surface area (Å²) in [6.07, 6.45) is -1.19. The number of carbonyl (C=O) groups excluding carboxylic acids is 1. The molecule has 3 N–H and O–H groups in total. The molecule has 1 aliphatic carbocycles. The number of amides is 1. The Bertz CT molecular complexity index is 504. The van der Waals surface area contributed by atoms with Gasteiger partial charge in [0.15, 0.2) is 0 Å². The second kappa shape index (κ2) is 6.43. The lowest BCUT2D eigenvalue weighted by Crippen LogP contribution is -2.47. The molecule has 4 nitrogen and oxygen atoms in total. The average molecular weight is 301 g/mol. The topological polar surface area (TPSA) is 68.0 Å². The smallest absolute Gasteiger partial charge is 0.349 e. The monoisotopic (exact) mass is 301 g/mol. The molecular formula is C14H18F3N3O. The summed E-state index contributed by atoms with van der Waals surface area (Å²) in [5.74, 6) is -1.97. The number of halogens is 3. The quantitative estimate of drug-likeness (QED) is 0.900. The number of hydrogen-bond donors (Lipinski definition) is 2. The highest BCUT2D eigenvalue weighted by Gasteiger charge is 2.45. The number of aromatic nitrogens is 1. The van der Waals surface area contributed by atoms with Crippen LogP contribution in [0.1, 0.15) is 41.7 Å². The van der Waals surface area contributed by atoms with Crippen LogP contribution in [-0.2, 0) is 6.54 Å². The molecule has 1 fully saturated rings. The molecule has 2 rings (SSSR count). The van der Waals surface area contributed by atoms with Crippen molar-refractivity contribution in [2.45, 2.75) is 44.4 Å². The van der Waals surface area contributed by atoms with Gasteiger partial charge < -0.3 is 11.1 Å². The molecule has 1 heterocycles. The van der Waals surface area contributed by atoms with E-state index in [4.69, 9.17) is 5.73 Å². The second-order valence-electron chi connectivity index (χ2n) is 5.25. The Labute approximate surface area is 120 Å². The lowest BCUT2D eigenvalue weighted by molar-refractivity contribution is -0.187. The van der Waals surface area contributed by atoms with Gasteiger partial charge in [0.1, 0.15) is 0 Å². The molecule has 0 aromatic carbocycles. The summed E-state index contributed by atoms with van der Waals surface area (Å²) in [5.41, 5.74) is 6.25. The van der Waals surface area contributed by atoms with Crippen LogP contribution in [0.2, 0.25) is 0 Å². The minimum absolute atomic E-state index is 0.0683. The van der Waals surface area contributed by atoms with Crippen LogP contribution in [0.3, 0.4) is 0 Å². The summed E-state index contributed by atoms with van der Waals surface area (Å²) in [5, 5.41) is 2.52. The number of hydrogen-bond acceptors (Lipinski definition) is 3. The second-order valence-corrected chi connectivity index (χ2v) is 5.25. The van der Waals surface area contributed by atoms with Gasteiger partial charge in [-0.05, 0) is 25.0 Å². The number of nitrogens with two attached hydrogens (primary N) is 1. The SMILES string of the molecule is NCc1cc(C(=O)NC2CCCCC2C(F)(F)F)ccn1. The molecule has 1 aromatic rings. The van der Waals surface area contributed by atoms with E-state index in [9.17, 15) is 18.0 Å². The van der Waals surface area contributed by atoms with Crippen LogP contribution in [0.5, 0.6) is 0 Å². The maximum absolute atomic E-state index is 13.0. The third kappa shape index (κ3) is 3.93. The van der Waals surface area contributed by atoms with Crippen LogP contribution in [-0.4, -0.2) is 23.1 Å². The fraction of sp³-hybridized carbons (Fsp3) is 0.571. The summed E-state index contributed by atoms with van der Waals surface area (Å²) >= 11 is 0. The summed E-state index contributed by atoms with van der Waals surface area (Å²) in [4.78, 5) is 16.1. The van der Waals surface area contributed by atoms with E-state index >= 15 is 0 Å². The minimum Gasteiger partial charge on any atom is -0.349 e. The first kappa shape index (κ1) is 15.8. The molecule has 0 radical (unpaired) electrons. The summed E-state index contributed by atoms with van der Waals surface area (Å²) in [6.45, 7) is 0.176. The maximum Gasteiger partial charge on any atom is 0.393 e. The first-order valence-electron chi connectivity index (χ1n) is 6.94. The molecule has 0 bridgehead atoms. The van der Waals surface area contributed by atoms with E-state index in [0.717, 1.165) is 0 Å². The van der Waals surface area contributed by atoms with Crippen LogP contribution in [0.4, 0.5) is 13.2 Å². The molecule has 1 saturated carbocycles. The highest BCUT2D eigenvalue weighted by Crippen LogP contribution is 2.37. The average Bonchev–Trinajstić information content (AvgIpc) is 2.46. The van der Waals surface area contributed by atoms with Crippen LogP contribution in [0.25, 0.3) is 0 Å². The van der Waals surface area contributed by atoms with Crippen molar-refractivity contribution in [1.82, 2.24) is 10.3 Å². The van der Waals surface area contributed by atoms with Crippen molar-refractivity contribution >= 4 is 5.91 Å². The van der Waals surface area contributed by atoms with Crippen molar-refractivity contribution in [2.24, 2.45) is 11.7 Å². The Kier molecular flexibility index (Phi) is 4.82. The Morgan fingerprint density at radius 3 is 2.76 bits per heavy atom. The molecule has 1 amide bonds. The maximum atomic E-state index is 13.0. The van der Waals surface area contributed by atoms with Crippen molar-refractivity contribution in [3.8, 4) is 0 Å². The first-order valence-corrected chi connectivity index (χ1v) is 6.94. The van der Waals surface area contributed by atoms with E-state index in [1.165, 1.54) is 18.3 Å². The van der Waals surface area contributed by atoms with E-state index in [0.29, 0.717) is 25.0 Å². The fourth-order valence-electron chi connectivity index (χ4n) is 2.68. The summed E-state index contributed by atoms with van der Waals surface area (Å²) in [7, 11) is 0. The van der Waals surface area contributed by atoms with Gasteiger partial charge in [0.05, 0.1) is 11.6 Å². The first-order chi connectivity index (χ1) is 9.91. The number of alkyl halides is 3. The zero-order valence-electron chi connectivity index (χ0n) is 11.5. The lowest BCUT2D eigenvalue weighted by atomic mass is 9.84. The van der Waals surface area contributed by atoms with Crippen molar-refractivity contribution in [3.63, 3.8) is 0 Å². The predicted octanol–water partition coefficient (Wildman–Crippen LogP) is 2.39. The number of pyridine rings is 1. The van der Waals surface area contributed by atoms with Crippen LogP contribution >= 0.6 is 0 Å². The molecule has 116 valence electrons. The van der Waals surface area contributed by atoms with Gasteiger partial charge in [0.2, 0.25) is 0 Å². The number of nitrogens with one attached hydrogen (secondary N) is 1. The van der Waals surface area contributed by atoms with Crippen LogP contribution in [0, 0.1) is 5.92 Å². The van der Waals surface area contributed by atoms with Gasteiger partial charge in [-0.15, -0.1) is 0 Å². The predicted molar refractivity (Wildman–Crippen MR) is 71.4 cm³/mol. The molecule has 2 atom stereocenters. The van der Waals surface area contributed by atoms with Gasteiger partial charge in [-0.3, -0.25) is 9.78 Å². The summed E-state index contributed by atoms with van der Waals surface area (Å²) in [6, 6.07) is 2.11. The zero-order valence-corrected chi connectivity index (χ0v) is 11.5. The Morgan fingerprint density at radius 2 is 2.10 bits per heavy atom. The van der Waals surface area contributed by atoms with Gasteiger partial charge >= 0.3 is 6.18 Å².